The Morgan fingerprint density at radius 2 is 1.12 bits per heavy atom. The summed E-state index contributed by atoms with van der Waals surface area (Å²) in [4.78, 5) is 33.9. The van der Waals surface area contributed by atoms with Crippen molar-refractivity contribution in [3.63, 3.8) is 0 Å². The molecule has 33 heavy (non-hydrogen) atoms. The first kappa shape index (κ1) is 31.4. The third kappa shape index (κ3) is 24.9. The summed E-state index contributed by atoms with van der Waals surface area (Å²) in [5, 5.41) is 11.3. The maximum atomic E-state index is 11.8. The maximum absolute atomic E-state index is 11.8. The highest BCUT2D eigenvalue weighted by Gasteiger charge is 2.11. The minimum atomic E-state index is -0.904. The van der Waals surface area contributed by atoms with Crippen LogP contribution < -0.4 is 5.32 Å². The molecule has 194 valence electrons. The number of ether oxygens (including phenoxy) is 1. The smallest absolute Gasteiger partial charge is 0.305 e. The number of hydrogen-bond donors (Lipinski definition) is 2. The Morgan fingerprint density at radius 1 is 0.667 bits per heavy atom. The number of aliphatic carboxylic acids is 1. The average Bonchev–Trinajstić information content (AvgIpc) is 2.77. The third-order valence-corrected chi connectivity index (χ3v) is 5.93. The number of carbonyl (C=O) groups excluding carboxylic acids is 2. The molecule has 0 aliphatic carbocycles. The zero-order chi connectivity index (χ0) is 24.6. The highest BCUT2D eigenvalue weighted by atomic mass is 16.5. The second-order valence-electron chi connectivity index (χ2n) is 9.45. The van der Waals surface area contributed by atoms with E-state index in [1.807, 2.05) is 0 Å². The lowest BCUT2D eigenvalue weighted by Gasteiger charge is -2.14. The number of hydrogen-bond acceptors (Lipinski definition) is 4. The summed E-state index contributed by atoms with van der Waals surface area (Å²) in [6.45, 7) is 4.20. The van der Waals surface area contributed by atoms with Crippen molar-refractivity contribution in [3.8, 4) is 0 Å². The minimum Gasteiger partial charge on any atom is -0.481 e. The van der Waals surface area contributed by atoms with E-state index in [1.54, 1.807) is 6.92 Å². The van der Waals surface area contributed by atoms with Crippen molar-refractivity contribution >= 4 is 17.8 Å². The van der Waals surface area contributed by atoms with Crippen LogP contribution in [-0.2, 0) is 19.1 Å². The van der Waals surface area contributed by atoms with E-state index in [0.29, 0.717) is 12.8 Å². The molecule has 1 amide bonds. The molecule has 0 aromatic rings. The van der Waals surface area contributed by atoms with E-state index in [0.717, 1.165) is 12.8 Å². The Hall–Kier alpha value is -1.59. The van der Waals surface area contributed by atoms with Gasteiger partial charge in [0.2, 0.25) is 5.91 Å². The summed E-state index contributed by atoms with van der Waals surface area (Å²) < 4.78 is 5.22. The molecule has 0 heterocycles. The number of rotatable bonds is 24. The Balaban J connectivity index is 3.37. The number of carboxylic acids is 1. The van der Waals surface area contributed by atoms with Gasteiger partial charge in [-0.1, -0.05) is 103 Å². The van der Waals surface area contributed by atoms with Gasteiger partial charge in [0, 0.05) is 19.3 Å². The van der Waals surface area contributed by atoms with E-state index in [-0.39, 0.29) is 37.4 Å². The number of nitrogens with one attached hydrogen (secondary N) is 1. The van der Waals surface area contributed by atoms with Crippen LogP contribution in [0.1, 0.15) is 142 Å². The summed E-state index contributed by atoms with van der Waals surface area (Å²) in [5.74, 6) is -1.33. The Morgan fingerprint density at radius 3 is 1.58 bits per heavy atom. The van der Waals surface area contributed by atoms with E-state index in [1.165, 1.54) is 89.9 Å². The van der Waals surface area contributed by atoms with Crippen molar-refractivity contribution in [1.82, 2.24) is 5.32 Å². The number of unbranched alkanes of at least 4 members (excludes halogenated alkanes) is 15. The highest BCUT2D eigenvalue weighted by Crippen LogP contribution is 2.14. The SMILES string of the molecule is CCCCCCCCCCCCCCCCCCC(=O)OCC(C)NC(=O)CCCC(=O)O. The number of carbonyl (C=O) groups is 3. The summed E-state index contributed by atoms with van der Waals surface area (Å²) in [6.07, 6.45) is 21.8. The zero-order valence-electron chi connectivity index (χ0n) is 21.5. The molecule has 0 aliphatic heterocycles. The second kappa shape index (κ2) is 23.6. The summed E-state index contributed by atoms with van der Waals surface area (Å²) >= 11 is 0. The van der Waals surface area contributed by atoms with Crippen LogP contribution in [0.2, 0.25) is 0 Å². The van der Waals surface area contributed by atoms with Gasteiger partial charge in [-0.25, -0.2) is 0 Å². The highest BCUT2D eigenvalue weighted by molar-refractivity contribution is 5.77. The largest absolute Gasteiger partial charge is 0.481 e. The minimum absolute atomic E-state index is 0.0178. The van der Waals surface area contributed by atoms with E-state index in [2.05, 4.69) is 12.2 Å². The van der Waals surface area contributed by atoms with Crippen LogP contribution in [0.5, 0.6) is 0 Å². The van der Waals surface area contributed by atoms with Crippen LogP contribution in [-0.4, -0.2) is 35.6 Å². The van der Waals surface area contributed by atoms with Crippen LogP contribution in [0.25, 0.3) is 0 Å². The van der Waals surface area contributed by atoms with Gasteiger partial charge in [-0.3, -0.25) is 14.4 Å². The molecule has 0 fully saturated rings. The van der Waals surface area contributed by atoms with Crippen molar-refractivity contribution in [1.29, 1.82) is 0 Å². The van der Waals surface area contributed by atoms with Crippen molar-refractivity contribution in [2.24, 2.45) is 0 Å². The molecular formula is C27H51NO5. The van der Waals surface area contributed by atoms with Crippen LogP contribution in [0.4, 0.5) is 0 Å². The molecule has 1 unspecified atom stereocenters. The number of carboxylic acid groups (broad SMARTS) is 1. The van der Waals surface area contributed by atoms with Gasteiger partial charge < -0.3 is 15.2 Å². The monoisotopic (exact) mass is 469 g/mol. The van der Waals surface area contributed by atoms with Crippen LogP contribution in [0.15, 0.2) is 0 Å². The number of esters is 1. The van der Waals surface area contributed by atoms with Crippen LogP contribution in [0, 0.1) is 0 Å². The molecule has 0 saturated carbocycles. The molecule has 0 saturated heterocycles. The van der Waals surface area contributed by atoms with Gasteiger partial charge in [-0.15, -0.1) is 0 Å². The fraction of sp³-hybridized carbons (Fsp3) is 0.889. The van der Waals surface area contributed by atoms with Crippen molar-refractivity contribution in [3.05, 3.63) is 0 Å². The summed E-state index contributed by atoms with van der Waals surface area (Å²) in [5.41, 5.74) is 0. The van der Waals surface area contributed by atoms with Crippen molar-refractivity contribution in [2.75, 3.05) is 6.61 Å². The quantitative estimate of drug-likeness (QED) is 0.118. The molecule has 6 heteroatoms. The Labute approximate surface area is 202 Å². The summed E-state index contributed by atoms with van der Waals surface area (Å²) in [6, 6.07) is -0.267. The second-order valence-corrected chi connectivity index (χ2v) is 9.45. The predicted molar refractivity (Wildman–Crippen MR) is 134 cm³/mol. The molecule has 2 N–H and O–H groups in total. The normalized spacial score (nSPS) is 11.8. The van der Waals surface area contributed by atoms with E-state index in [9.17, 15) is 14.4 Å². The Bertz CT molecular complexity index is 495. The lowest BCUT2D eigenvalue weighted by atomic mass is 10.0. The lowest BCUT2D eigenvalue weighted by Crippen LogP contribution is -2.36. The van der Waals surface area contributed by atoms with E-state index < -0.39 is 5.97 Å². The lowest BCUT2D eigenvalue weighted by molar-refractivity contribution is -0.145. The molecular weight excluding hydrogens is 418 g/mol. The first-order valence-electron chi connectivity index (χ1n) is 13.6. The maximum Gasteiger partial charge on any atom is 0.305 e. The molecule has 0 aromatic carbocycles. The molecule has 0 radical (unpaired) electrons. The van der Waals surface area contributed by atoms with Crippen molar-refractivity contribution in [2.45, 2.75) is 148 Å². The molecule has 0 aromatic heterocycles. The molecule has 0 rings (SSSR count). The molecule has 0 aliphatic rings. The average molecular weight is 470 g/mol. The van der Waals surface area contributed by atoms with E-state index in [4.69, 9.17) is 9.84 Å². The molecule has 0 bridgehead atoms. The fourth-order valence-electron chi connectivity index (χ4n) is 3.90. The third-order valence-electron chi connectivity index (χ3n) is 5.93. The van der Waals surface area contributed by atoms with Gasteiger partial charge in [0.25, 0.3) is 0 Å². The van der Waals surface area contributed by atoms with Gasteiger partial charge >= 0.3 is 11.9 Å². The summed E-state index contributed by atoms with van der Waals surface area (Å²) in [7, 11) is 0. The molecule has 0 spiro atoms. The first-order chi connectivity index (χ1) is 16.0. The van der Waals surface area contributed by atoms with Crippen molar-refractivity contribution < 1.29 is 24.2 Å². The van der Waals surface area contributed by atoms with Gasteiger partial charge in [-0.05, 0) is 19.8 Å². The molecule has 6 nitrogen and oxygen atoms in total. The predicted octanol–water partition coefficient (Wildman–Crippen LogP) is 6.94. The first-order valence-corrected chi connectivity index (χ1v) is 13.6. The van der Waals surface area contributed by atoms with Gasteiger partial charge in [0.15, 0.2) is 0 Å². The zero-order valence-corrected chi connectivity index (χ0v) is 21.5. The Kier molecular flexibility index (Phi) is 22.4. The standard InChI is InChI=1S/C27H51NO5/c1-3-4-5-6-7-8-9-10-11-12-13-14-15-16-17-18-22-27(32)33-23-24(2)28-25(29)20-19-21-26(30)31/h24H,3-23H2,1-2H3,(H,28,29)(H,30,31). The van der Waals surface area contributed by atoms with Gasteiger partial charge in [0.05, 0.1) is 6.04 Å². The van der Waals surface area contributed by atoms with E-state index >= 15 is 0 Å². The van der Waals surface area contributed by atoms with Crippen LogP contribution in [0.3, 0.4) is 0 Å². The topological polar surface area (TPSA) is 92.7 Å². The van der Waals surface area contributed by atoms with Gasteiger partial charge in [0.1, 0.15) is 6.61 Å². The van der Waals surface area contributed by atoms with Crippen LogP contribution >= 0.6 is 0 Å². The molecule has 1 atom stereocenters. The fourth-order valence-corrected chi connectivity index (χ4v) is 3.90. The van der Waals surface area contributed by atoms with Gasteiger partial charge in [-0.2, -0.15) is 0 Å². The number of amides is 1.